The smallest absolute Gasteiger partial charge is 0.317 e. The number of nitrogens with zero attached hydrogens (tertiary/aromatic N) is 2. The van der Waals surface area contributed by atoms with Crippen molar-refractivity contribution in [3.63, 3.8) is 0 Å². The summed E-state index contributed by atoms with van der Waals surface area (Å²) in [6.07, 6.45) is 2.63. The number of anilines is 1. The van der Waals surface area contributed by atoms with Crippen LogP contribution in [0.2, 0.25) is 0 Å². The van der Waals surface area contributed by atoms with Gasteiger partial charge < -0.3 is 15.1 Å². The number of aryl methyl sites for hydroxylation is 1. The zero-order chi connectivity index (χ0) is 16.4. The molecule has 3 amide bonds. The van der Waals surface area contributed by atoms with Crippen molar-refractivity contribution < 1.29 is 9.59 Å². The quantitative estimate of drug-likeness (QED) is 0.912. The first-order chi connectivity index (χ1) is 11.0. The molecule has 2 heterocycles. The van der Waals surface area contributed by atoms with E-state index in [0.717, 1.165) is 25.2 Å². The third-order valence-corrected chi connectivity index (χ3v) is 4.74. The second kappa shape index (κ2) is 6.60. The summed E-state index contributed by atoms with van der Waals surface area (Å²) in [7, 11) is 0. The van der Waals surface area contributed by atoms with Crippen LogP contribution in [0.5, 0.6) is 0 Å². The Bertz CT molecular complexity index is 584. The van der Waals surface area contributed by atoms with Gasteiger partial charge in [-0.15, -0.1) is 0 Å². The van der Waals surface area contributed by atoms with Crippen molar-refractivity contribution in [3.8, 4) is 0 Å². The first-order valence-corrected chi connectivity index (χ1v) is 8.45. The molecule has 1 N–H and O–H groups in total. The van der Waals surface area contributed by atoms with E-state index < -0.39 is 0 Å². The standard InChI is InChI=1S/C18H25N3O2/c1-13-5-7-16(8-6-13)21-12-15(10-17(21)22)19-18(23)20-9-3-4-14(2)11-20/h5-8,14-15H,3-4,9-12H2,1-2H3,(H,19,23). The van der Waals surface area contributed by atoms with Crippen LogP contribution >= 0.6 is 0 Å². The molecule has 2 atom stereocenters. The van der Waals surface area contributed by atoms with Crippen molar-refractivity contribution in [1.29, 1.82) is 0 Å². The average molecular weight is 315 g/mol. The highest BCUT2D eigenvalue weighted by molar-refractivity contribution is 5.96. The van der Waals surface area contributed by atoms with Gasteiger partial charge in [0.05, 0.1) is 6.04 Å². The Morgan fingerprint density at radius 1 is 1.22 bits per heavy atom. The second-order valence-electron chi connectivity index (χ2n) is 6.88. The fourth-order valence-corrected chi connectivity index (χ4v) is 3.42. The molecule has 0 bridgehead atoms. The number of hydrogen-bond acceptors (Lipinski definition) is 2. The molecule has 2 unspecified atom stereocenters. The normalized spacial score (nSPS) is 24.9. The van der Waals surface area contributed by atoms with Crippen LogP contribution in [0.3, 0.4) is 0 Å². The summed E-state index contributed by atoms with van der Waals surface area (Å²) in [6, 6.07) is 7.80. The van der Waals surface area contributed by atoms with Gasteiger partial charge in [-0.05, 0) is 37.8 Å². The minimum atomic E-state index is -0.103. The van der Waals surface area contributed by atoms with Gasteiger partial charge in [0.1, 0.15) is 0 Å². The summed E-state index contributed by atoms with van der Waals surface area (Å²) in [5.74, 6) is 0.634. The van der Waals surface area contributed by atoms with Crippen molar-refractivity contribution in [2.24, 2.45) is 5.92 Å². The minimum absolute atomic E-state index is 0.0277. The van der Waals surface area contributed by atoms with E-state index in [1.165, 1.54) is 12.0 Å². The van der Waals surface area contributed by atoms with E-state index in [4.69, 9.17) is 0 Å². The zero-order valence-electron chi connectivity index (χ0n) is 13.9. The lowest BCUT2D eigenvalue weighted by atomic mass is 10.0. The van der Waals surface area contributed by atoms with Crippen molar-refractivity contribution in [1.82, 2.24) is 10.2 Å². The fraction of sp³-hybridized carbons (Fsp3) is 0.556. The van der Waals surface area contributed by atoms with Crippen LogP contribution in [0.25, 0.3) is 0 Å². The molecule has 2 aliphatic rings. The molecule has 0 radical (unpaired) electrons. The molecule has 0 aromatic heterocycles. The number of carbonyl (C=O) groups excluding carboxylic acids is 2. The molecule has 0 aliphatic carbocycles. The Balaban J connectivity index is 1.59. The minimum Gasteiger partial charge on any atom is -0.333 e. The summed E-state index contributed by atoms with van der Waals surface area (Å²) < 4.78 is 0. The summed E-state index contributed by atoms with van der Waals surface area (Å²) in [4.78, 5) is 28.3. The lowest BCUT2D eigenvalue weighted by molar-refractivity contribution is -0.117. The molecule has 2 saturated heterocycles. The topological polar surface area (TPSA) is 52.7 Å². The summed E-state index contributed by atoms with van der Waals surface area (Å²) >= 11 is 0. The maximum absolute atomic E-state index is 12.4. The molecule has 0 saturated carbocycles. The maximum Gasteiger partial charge on any atom is 0.317 e. The lowest BCUT2D eigenvalue weighted by Crippen LogP contribution is -2.49. The van der Waals surface area contributed by atoms with Gasteiger partial charge in [-0.3, -0.25) is 4.79 Å². The summed E-state index contributed by atoms with van der Waals surface area (Å²) in [6.45, 7) is 6.39. The largest absolute Gasteiger partial charge is 0.333 e. The first-order valence-electron chi connectivity index (χ1n) is 8.45. The molecular weight excluding hydrogens is 290 g/mol. The van der Waals surface area contributed by atoms with Crippen molar-refractivity contribution in [2.45, 2.75) is 39.2 Å². The highest BCUT2D eigenvalue weighted by Gasteiger charge is 2.33. The molecule has 0 spiro atoms. The van der Waals surface area contributed by atoms with Crippen molar-refractivity contribution >= 4 is 17.6 Å². The van der Waals surface area contributed by atoms with Crippen molar-refractivity contribution in [3.05, 3.63) is 29.8 Å². The van der Waals surface area contributed by atoms with Crippen LogP contribution in [0, 0.1) is 12.8 Å². The molecular formula is C18H25N3O2. The second-order valence-corrected chi connectivity index (χ2v) is 6.88. The number of likely N-dealkylation sites (tertiary alicyclic amines) is 1. The lowest BCUT2D eigenvalue weighted by Gasteiger charge is -2.31. The number of piperidine rings is 1. The van der Waals surface area contributed by atoms with Gasteiger partial charge >= 0.3 is 6.03 Å². The van der Waals surface area contributed by atoms with Crippen LogP contribution in [0.15, 0.2) is 24.3 Å². The summed E-state index contributed by atoms with van der Waals surface area (Å²) in [5.41, 5.74) is 2.08. The van der Waals surface area contributed by atoms with Crippen LogP contribution in [0.4, 0.5) is 10.5 Å². The number of urea groups is 1. The highest BCUT2D eigenvalue weighted by atomic mass is 16.2. The Morgan fingerprint density at radius 2 is 1.96 bits per heavy atom. The molecule has 5 nitrogen and oxygen atoms in total. The monoisotopic (exact) mass is 315 g/mol. The molecule has 2 fully saturated rings. The first kappa shape index (κ1) is 15.8. The van der Waals surface area contributed by atoms with Gasteiger partial charge in [0, 0.05) is 31.7 Å². The number of nitrogens with one attached hydrogen (secondary N) is 1. The van der Waals surface area contributed by atoms with E-state index in [1.54, 1.807) is 4.90 Å². The zero-order valence-corrected chi connectivity index (χ0v) is 13.9. The summed E-state index contributed by atoms with van der Waals surface area (Å²) in [5, 5.41) is 3.04. The van der Waals surface area contributed by atoms with Gasteiger partial charge in [-0.25, -0.2) is 4.79 Å². The van der Waals surface area contributed by atoms with E-state index in [9.17, 15) is 9.59 Å². The third-order valence-electron chi connectivity index (χ3n) is 4.74. The number of hydrogen-bond donors (Lipinski definition) is 1. The number of carbonyl (C=O) groups is 2. The van der Waals surface area contributed by atoms with Gasteiger partial charge in [0.25, 0.3) is 0 Å². The molecule has 1 aromatic rings. The van der Waals surface area contributed by atoms with Gasteiger partial charge in [0.15, 0.2) is 0 Å². The molecule has 23 heavy (non-hydrogen) atoms. The SMILES string of the molecule is Cc1ccc(N2CC(NC(=O)N3CCCC(C)C3)CC2=O)cc1. The van der Waals surface area contributed by atoms with E-state index in [2.05, 4.69) is 12.2 Å². The maximum atomic E-state index is 12.4. The van der Waals surface area contributed by atoms with Gasteiger partial charge in [-0.2, -0.15) is 0 Å². The van der Waals surface area contributed by atoms with Crippen molar-refractivity contribution in [2.75, 3.05) is 24.5 Å². The van der Waals surface area contributed by atoms with Crippen LogP contribution in [-0.2, 0) is 4.79 Å². The fourth-order valence-electron chi connectivity index (χ4n) is 3.42. The average Bonchev–Trinajstić information content (AvgIpc) is 2.88. The van der Waals surface area contributed by atoms with E-state index in [-0.39, 0.29) is 18.0 Å². The van der Waals surface area contributed by atoms with Crippen LogP contribution in [0.1, 0.15) is 31.7 Å². The van der Waals surface area contributed by atoms with E-state index in [0.29, 0.717) is 18.9 Å². The molecule has 124 valence electrons. The van der Waals surface area contributed by atoms with Crippen LogP contribution < -0.4 is 10.2 Å². The van der Waals surface area contributed by atoms with Gasteiger partial charge in [0.2, 0.25) is 5.91 Å². The highest BCUT2D eigenvalue weighted by Crippen LogP contribution is 2.22. The Morgan fingerprint density at radius 3 is 2.65 bits per heavy atom. The number of amides is 3. The number of benzene rings is 1. The molecule has 1 aromatic carbocycles. The molecule has 5 heteroatoms. The van der Waals surface area contributed by atoms with E-state index in [1.807, 2.05) is 36.1 Å². The predicted molar refractivity (Wildman–Crippen MR) is 90.4 cm³/mol. The Hall–Kier alpha value is -2.04. The third kappa shape index (κ3) is 3.66. The van der Waals surface area contributed by atoms with Crippen LogP contribution in [-0.4, -0.2) is 42.5 Å². The van der Waals surface area contributed by atoms with E-state index >= 15 is 0 Å². The Kier molecular flexibility index (Phi) is 4.55. The molecule has 3 rings (SSSR count). The Labute approximate surface area is 137 Å². The van der Waals surface area contributed by atoms with Gasteiger partial charge in [-0.1, -0.05) is 24.6 Å². The molecule has 2 aliphatic heterocycles. The predicted octanol–water partition coefficient (Wildman–Crippen LogP) is 2.54. The number of rotatable bonds is 2.